The van der Waals surface area contributed by atoms with Gasteiger partial charge in [0.2, 0.25) is 10.0 Å². The number of nitrogens with one attached hydrogen (secondary N) is 1. The van der Waals surface area contributed by atoms with Gasteiger partial charge >= 0.3 is 5.97 Å². The highest BCUT2D eigenvalue weighted by atomic mass is 79.9. The maximum absolute atomic E-state index is 11.6. The third-order valence-corrected chi connectivity index (χ3v) is 3.94. The molecule has 18 heavy (non-hydrogen) atoms. The minimum Gasteiger partial charge on any atom is -0.469 e. The molecule has 0 aliphatic heterocycles. The molecule has 1 rings (SSSR count). The number of nitrogens with zero attached hydrogens (tertiary/aromatic N) is 2. The van der Waals surface area contributed by atoms with Crippen LogP contribution in [0.2, 0.25) is 0 Å². The van der Waals surface area contributed by atoms with Gasteiger partial charge in [0.15, 0.2) is 10.4 Å². The highest BCUT2D eigenvalue weighted by molar-refractivity contribution is 9.11. The molecule has 100 valence electrons. The molecule has 0 radical (unpaired) electrons. The van der Waals surface area contributed by atoms with Crippen LogP contribution in [-0.2, 0) is 19.6 Å². The molecule has 0 bridgehead atoms. The Morgan fingerprint density at radius 2 is 2.17 bits per heavy atom. The predicted molar refractivity (Wildman–Crippen MR) is 71.5 cm³/mol. The summed E-state index contributed by atoms with van der Waals surface area (Å²) in [5, 5.41) is 0. The van der Waals surface area contributed by atoms with Gasteiger partial charge in [-0.25, -0.2) is 18.4 Å². The second kappa shape index (κ2) is 6.43. The second-order valence-electron chi connectivity index (χ2n) is 3.08. The number of ether oxygens (including phenoxy) is 1. The molecule has 7 nitrogen and oxygen atoms in total. The number of aromatic nitrogens is 2. The molecule has 1 N–H and O–H groups in total. The van der Waals surface area contributed by atoms with E-state index >= 15 is 0 Å². The van der Waals surface area contributed by atoms with E-state index in [2.05, 4.69) is 51.3 Å². The molecular weight excluding hydrogens is 394 g/mol. The Morgan fingerprint density at radius 1 is 1.50 bits per heavy atom. The Labute approximate surface area is 121 Å². The Kier molecular flexibility index (Phi) is 5.47. The molecule has 0 atom stereocenters. The highest BCUT2D eigenvalue weighted by Gasteiger charge is 2.16. The fourth-order valence-corrected chi connectivity index (χ4v) is 2.96. The molecule has 10 heteroatoms. The van der Waals surface area contributed by atoms with Gasteiger partial charge in [-0.15, -0.1) is 0 Å². The lowest BCUT2D eigenvalue weighted by molar-refractivity contribution is -0.140. The third kappa shape index (κ3) is 4.86. The first-order valence-electron chi connectivity index (χ1n) is 4.59. The molecule has 0 aliphatic rings. The van der Waals surface area contributed by atoms with E-state index in [4.69, 9.17) is 0 Å². The molecule has 0 saturated carbocycles. The molecule has 0 fully saturated rings. The Hall–Kier alpha value is -0.740. The summed E-state index contributed by atoms with van der Waals surface area (Å²) in [6, 6.07) is 0. The molecule has 0 aromatic carbocycles. The predicted octanol–water partition coefficient (Wildman–Crippen LogP) is 1.31. The molecule has 0 saturated heterocycles. The first-order chi connectivity index (χ1) is 8.34. The fraction of sp³-hybridized carbons (Fsp3) is 0.375. The summed E-state index contributed by atoms with van der Waals surface area (Å²) in [4.78, 5) is 18.6. The van der Waals surface area contributed by atoms with Gasteiger partial charge in [-0.1, -0.05) is 0 Å². The summed E-state index contributed by atoms with van der Waals surface area (Å²) in [7, 11) is -2.48. The quantitative estimate of drug-likeness (QED) is 0.745. The minimum atomic E-state index is -3.67. The van der Waals surface area contributed by atoms with Crippen LogP contribution in [0, 0.1) is 0 Å². The van der Waals surface area contributed by atoms with Crippen LogP contribution in [0.15, 0.2) is 15.4 Å². The number of halogens is 2. The number of rotatable bonds is 5. The number of carbonyl (C=O) groups excluding carboxylic acids is 1. The SMILES string of the molecule is COC(=O)CCS(=O)(=O)Nc1ncc(Br)nc1Br. The van der Waals surface area contributed by atoms with Crippen molar-refractivity contribution in [1.29, 1.82) is 0 Å². The van der Waals surface area contributed by atoms with Crippen molar-refractivity contribution in [3.05, 3.63) is 15.4 Å². The van der Waals surface area contributed by atoms with E-state index in [1.165, 1.54) is 13.3 Å². The average Bonchev–Trinajstić information content (AvgIpc) is 2.30. The molecule has 0 unspecified atom stereocenters. The lowest BCUT2D eigenvalue weighted by Crippen LogP contribution is -2.20. The van der Waals surface area contributed by atoms with Crippen molar-refractivity contribution in [2.75, 3.05) is 17.6 Å². The Balaban J connectivity index is 2.73. The third-order valence-electron chi connectivity index (χ3n) is 1.76. The zero-order chi connectivity index (χ0) is 13.8. The van der Waals surface area contributed by atoms with Crippen LogP contribution >= 0.6 is 31.9 Å². The maximum atomic E-state index is 11.6. The number of anilines is 1. The number of hydrogen-bond acceptors (Lipinski definition) is 6. The first kappa shape index (κ1) is 15.3. The van der Waals surface area contributed by atoms with Gasteiger partial charge in [0.05, 0.1) is 25.5 Å². The van der Waals surface area contributed by atoms with Gasteiger partial charge in [0.25, 0.3) is 0 Å². The summed E-state index contributed by atoms with van der Waals surface area (Å²) < 4.78 is 30.6. The Morgan fingerprint density at radius 3 is 2.72 bits per heavy atom. The second-order valence-corrected chi connectivity index (χ2v) is 6.48. The van der Waals surface area contributed by atoms with Crippen LogP contribution in [0.1, 0.15) is 6.42 Å². The van der Waals surface area contributed by atoms with Gasteiger partial charge in [-0.2, -0.15) is 0 Å². The van der Waals surface area contributed by atoms with E-state index in [1.54, 1.807) is 0 Å². The van der Waals surface area contributed by atoms with E-state index < -0.39 is 16.0 Å². The van der Waals surface area contributed by atoms with Crippen molar-refractivity contribution >= 4 is 53.7 Å². The van der Waals surface area contributed by atoms with Crippen LogP contribution in [0.25, 0.3) is 0 Å². The van der Waals surface area contributed by atoms with Gasteiger partial charge in [-0.3, -0.25) is 9.52 Å². The monoisotopic (exact) mass is 401 g/mol. The van der Waals surface area contributed by atoms with E-state index in [1.807, 2.05) is 0 Å². The number of carbonyl (C=O) groups is 1. The summed E-state index contributed by atoms with van der Waals surface area (Å²) in [6.07, 6.45) is 1.12. The Bertz CT molecular complexity index is 549. The molecule has 1 aromatic rings. The van der Waals surface area contributed by atoms with Crippen molar-refractivity contribution in [1.82, 2.24) is 9.97 Å². The van der Waals surface area contributed by atoms with E-state index in [0.29, 0.717) is 4.60 Å². The fourth-order valence-electron chi connectivity index (χ4n) is 0.933. The topological polar surface area (TPSA) is 98.2 Å². The molecule has 1 heterocycles. The zero-order valence-electron chi connectivity index (χ0n) is 9.18. The van der Waals surface area contributed by atoms with Gasteiger partial charge in [0.1, 0.15) is 4.60 Å². The molecule has 0 amide bonds. The van der Waals surface area contributed by atoms with E-state index in [0.717, 1.165) is 0 Å². The van der Waals surface area contributed by atoms with Crippen LogP contribution in [0.5, 0.6) is 0 Å². The lowest BCUT2D eigenvalue weighted by Gasteiger charge is -2.07. The van der Waals surface area contributed by atoms with Gasteiger partial charge in [-0.05, 0) is 31.9 Å². The normalized spacial score (nSPS) is 11.1. The maximum Gasteiger partial charge on any atom is 0.306 e. The molecule has 0 spiro atoms. The minimum absolute atomic E-state index is 0.0584. The standard InChI is InChI=1S/C8H9Br2N3O4S/c1-17-6(14)2-3-18(15,16)13-8-7(10)12-5(9)4-11-8/h4H,2-3H2,1H3,(H,11,13). The number of methoxy groups -OCH3 is 1. The van der Waals surface area contributed by atoms with Gasteiger partial charge < -0.3 is 4.74 Å². The number of esters is 1. The zero-order valence-corrected chi connectivity index (χ0v) is 13.2. The van der Waals surface area contributed by atoms with E-state index in [-0.39, 0.29) is 22.6 Å². The van der Waals surface area contributed by atoms with Crippen molar-refractivity contribution in [2.45, 2.75) is 6.42 Å². The van der Waals surface area contributed by atoms with Crippen LogP contribution in [0.4, 0.5) is 5.82 Å². The highest BCUT2D eigenvalue weighted by Crippen LogP contribution is 2.20. The largest absolute Gasteiger partial charge is 0.469 e. The smallest absolute Gasteiger partial charge is 0.306 e. The molecule has 1 aromatic heterocycles. The average molecular weight is 403 g/mol. The first-order valence-corrected chi connectivity index (χ1v) is 7.83. The summed E-state index contributed by atoms with van der Waals surface area (Å²) >= 11 is 6.16. The molecule has 0 aliphatic carbocycles. The summed E-state index contributed by atoms with van der Waals surface area (Å²) in [6.45, 7) is 0. The van der Waals surface area contributed by atoms with Crippen molar-refractivity contribution in [3.8, 4) is 0 Å². The lowest BCUT2D eigenvalue weighted by atomic mass is 10.5. The molecular formula is C8H9Br2N3O4S. The van der Waals surface area contributed by atoms with Gasteiger partial charge in [0, 0.05) is 0 Å². The van der Waals surface area contributed by atoms with Crippen LogP contribution < -0.4 is 4.72 Å². The van der Waals surface area contributed by atoms with Crippen molar-refractivity contribution in [3.63, 3.8) is 0 Å². The van der Waals surface area contributed by atoms with Crippen LogP contribution in [0.3, 0.4) is 0 Å². The summed E-state index contributed by atoms with van der Waals surface area (Å²) in [5.74, 6) is -0.923. The van der Waals surface area contributed by atoms with Crippen LogP contribution in [-0.4, -0.2) is 37.2 Å². The number of sulfonamides is 1. The van der Waals surface area contributed by atoms with Crippen molar-refractivity contribution < 1.29 is 17.9 Å². The number of hydrogen-bond donors (Lipinski definition) is 1. The van der Waals surface area contributed by atoms with E-state index in [9.17, 15) is 13.2 Å². The summed E-state index contributed by atoms with van der Waals surface area (Å²) in [5.41, 5.74) is 0. The van der Waals surface area contributed by atoms with Crippen molar-refractivity contribution in [2.24, 2.45) is 0 Å².